The van der Waals surface area contributed by atoms with E-state index in [0.717, 1.165) is 23.8 Å². The molecule has 1 atom stereocenters. The molecule has 0 saturated heterocycles. The summed E-state index contributed by atoms with van der Waals surface area (Å²) in [5.41, 5.74) is 0. The highest BCUT2D eigenvalue weighted by Gasteiger charge is 2.41. The summed E-state index contributed by atoms with van der Waals surface area (Å²) in [6, 6.07) is 0.570. The van der Waals surface area contributed by atoms with E-state index in [1.807, 2.05) is 0 Å². The molecule has 0 aliphatic heterocycles. The summed E-state index contributed by atoms with van der Waals surface area (Å²) in [4.78, 5) is 11.9. The van der Waals surface area contributed by atoms with Crippen LogP contribution in [0.2, 0.25) is 0 Å². The minimum atomic E-state index is -0.115. The zero-order chi connectivity index (χ0) is 13.7. The van der Waals surface area contributed by atoms with Crippen molar-refractivity contribution < 1.29 is 9.53 Å². The van der Waals surface area contributed by atoms with Crippen molar-refractivity contribution in [2.24, 2.45) is 5.92 Å². The highest BCUT2D eigenvalue weighted by molar-refractivity contribution is 8.00. The molecule has 5 nitrogen and oxygen atoms in total. The van der Waals surface area contributed by atoms with Crippen LogP contribution in [-0.4, -0.2) is 33.1 Å². The lowest BCUT2D eigenvalue weighted by atomic mass is 10.3. The third-order valence-corrected chi connectivity index (χ3v) is 5.58. The normalized spacial score (nSPS) is 23.6. The van der Waals surface area contributed by atoms with Gasteiger partial charge in [0.1, 0.15) is 11.1 Å². The Kier molecular flexibility index (Phi) is 3.02. The molecule has 0 amide bonds. The van der Waals surface area contributed by atoms with E-state index in [1.54, 1.807) is 11.8 Å². The SMILES string of the molecule is COC(=O)C(Sc1nnc(C2CC2)n1C1CC1)C1CC1. The number of carbonyl (C=O) groups is 1. The Bertz CT molecular complexity index is 533. The number of rotatable bonds is 6. The van der Waals surface area contributed by atoms with Crippen molar-refractivity contribution >= 4 is 17.7 Å². The van der Waals surface area contributed by atoms with Crippen molar-refractivity contribution in [2.75, 3.05) is 7.11 Å². The highest BCUT2D eigenvalue weighted by Crippen LogP contribution is 2.48. The molecule has 20 heavy (non-hydrogen) atoms. The van der Waals surface area contributed by atoms with E-state index in [-0.39, 0.29) is 11.2 Å². The first-order valence-corrected chi connectivity index (χ1v) is 8.35. The molecule has 108 valence electrons. The average Bonchev–Trinajstić information content (AvgIpc) is 3.32. The molecule has 1 unspecified atom stereocenters. The summed E-state index contributed by atoms with van der Waals surface area (Å²) in [5, 5.41) is 9.60. The lowest BCUT2D eigenvalue weighted by Gasteiger charge is -2.14. The minimum Gasteiger partial charge on any atom is -0.468 e. The van der Waals surface area contributed by atoms with Crippen molar-refractivity contribution in [3.8, 4) is 0 Å². The second kappa shape index (κ2) is 4.76. The van der Waals surface area contributed by atoms with Crippen LogP contribution < -0.4 is 0 Å². The van der Waals surface area contributed by atoms with Crippen molar-refractivity contribution in [2.45, 2.75) is 60.9 Å². The van der Waals surface area contributed by atoms with E-state index in [1.165, 1.54) is 32.8 Å². The number of hydrogen-bond donors (Lipinski definition) is 0. The van der Waals surface area contributed by atoms with Gasteiger partial charge < -0.3 is 9.30 Å². The van der Waals surface area contributed by atoms with Gasteiger partial charge in [-0.25, -0.2) is 0 Å². The largest absolute Gasteiger partial charge is 0.468 e. The Morgan fingerprint density at radius 2 is 2.00 bits per heavy atom. The van der Waals surface area contributed by atoms with Crippen molar-refractivity contribution in [3.63, 3.8) is 0 Å². The maximum atomic E-state index is 11.9. The predicted molar refractivity (Wildman–Crippen MR) is 74.7 cm³/mol. The summed E-state index contributed by atoms with van der Waals surface area (Å²) in [6.07, 6.45) is 7.16. The maximum Gasteiger partial charge on any atom is 0.319 e. The van der Waals surface area contributed by atoms with Crippen LogP contribution in [0.3, 0.4) is 0 Å². The van der Waals surface area contributed by atoms with E-state index in [2.05, 4.69) is 14.8 Å². The number of nitrogens with zero attached hydrogens (tertiary/aromatic N) is 3. The summed E-state index contributed by atoms with van der Waals surface area (Å²) >= 11 is 1.57. The van der Waals surface area contributed by atoms with Crippen LogP contribution in [0.5, 0.6) is 0 Å². The van der Waals surface area contributed by atoms with Gasteiger partial charge in [0.25, 0.3) is 0 Å². The quantitative estimate of drug-likeness (QED) is 0.596. The Morgan fingerprint density at radius 1 is 1.25 bits per heavy atom. The van der Waals surface area contributed by atoms with E-state index >= 15 is 0 Å². The van der Waals surface area contributed by atoms with Crippen LogP contribution in [-0.2, 0) is 9.53 Å². The fourth-order valence-electron chi connectivity index (χ4n) is 2.63. The van der Waals surface area contributed by atoms with Gasteiger partial charge in [-0.15, -0.1) is 10.2 Å². The van der Waals surface area contributed by atoms with Gasteiger partial charge in [-0.05, 0) is 44.4 Å². The first-order valence-electron chi connectivity index (χ1n) is 7.47. The van der Waals surface area contributed by atoms with Gasteiger partial charge >= 0.3 is 5.97 Å². The van der Waals surface area contributed by atoms with Gasteiger partial charge in [-0.3, -0.25) is 4.79 Å². The molecule has 1 aromatic rings. The summed E-state index contributed by atoms with van der Waals surface area (Å²) in [5.74, 6) is 2.10. The molecular formula is C14H19N3O2S. The number of methoxy groups -OCH3 is 1. The molecule has 1 heterocycles. The van der Waals surface area contributed by atoms with Crippen molar-refractivity contribution in [1.82, 2.24) is 14.8 Å². The lowest BCUT2D eigenvalue weighted by molar-refractivity contribution is -0.140. The standard InChI is InChI=1S/C14H19N3O2S/c1-19-13(18)11(8-2-3-8)20-14-16-15-12(9-4-5-9)17(14)10-6-7-10/h8-11H,2-7H2,1H3. The van der Waals surface area contributed by atoms with Gasteiger partial charge in [0.15, 0.2) is 5.16 Å². The predicted octanol–water partition coefficient (Wildman–Crippen LogP) is 2.53. The number of thioether (sulfide) groups is 1. The van der Waals surface area contributed by atoms with E-state index in [4.69, 9.17) is 4.74 Å². The molecule has 0 aromatic carbocycles. The molecule has 0 spiro atoms. The van der Waals surface area contributed by atoms with Gasteiger partial charge in [0, 0.05) is 12.0 Å². The van der Waals surface area contributed by atoms with Crippen LogP contribution in [0.15, 0.2) is 5.16 Å². The maximum absolute atomic E-state index is 11.9. The second-order valence-electron chi connectivity index (χ2n) is 6.12. The van der Waals surface area contributed by atoms with E-state index < -0.39 is 0 Å². The van der Waals surface area contributed by atoms with Gasteiger partial charge in [-0.2, -0.15) is 0 Å². The number of hydrogen-bond acceptors (Lipinski definition) is 5. The van der Waals surface area contributed by atoms with E-state index in [0.29, 0.717) is 17.9 Å². The molecule has 3 aliphatic carbocycles. The van der Waals surface area contributed by atoms with Gasteiger partial charge in [0.05, 0.1) is 7.11 Å². The zero-order valence-electron chi connectivity index (χ0n) is 11.6. The monoisotopic (exact) mass is 293 g/mol. The Balaban J connectivity index is 1.59. The van der Waals surface area contributed by atoms with Crippen LogP contribution in [0.25, 0.3) is 0 Å². The number of carbonyl (C=O) groups excluding carboxylic acids is 1. The van der Waals surface area contributed by atoms with Crippen molar-refractivity contribution in [3.05, 3.63) is 5.82 Å². The van der Waals surface area contributed by atoms with E-state index in [9.17, 15) is 4.79 Å². The number of aromatic nitrogens is 3. The van der Waals surface area contributed by atoms with Gasteiger partial charge in [-0.1, -0.05) is 11.8 Å². The number of esters is 1. The molecular weight excluding hydrogens is 274 g/mol. The van der Waals surface area contributed by atoms with Crippen LogP contribution in [0.1, 0.15) is 56.3 Å². The van der Waals surface area contributed by atoms with Gasteiger partial charge in [0.2, 0.25) is 0 Å². The average molecular weight is 293 g/mol. The van der Waals surface area contributed by atoms with Crippen molar-refractivity contribution in [1.29, 1.82) is 0 Å². The molecule has 3 fully saturated rings. The van der Waals surface area contributed by atoms with Crippen LogP contribution in [0, 0.1) is 5.92 Å². The summed E-state index contributed by atoms with van der Waals surface area (Å²) < 4.78 is 7.26. The fourth-order valence-corrected chi connectivity index (χ4v) is 3.96. The first-order chi connectivity index (χ1) is 9.78. The fraction of sp³-hybridized carbons (Fsp3) is 0.786. The smallest absolute Gasteiger partial charge is 0.319 e. The van der Waals surface area contributed by atoms with Crippen LogP contribution in [0.4, 0.5) is 0 Å². The summed E-state index contributed by atoms with van der Waals surface area (Å²) in [7, 11) is 1.47. The Labute approximate surface area is 122 Å². The molecule has 0 radical (unpaired) electrons. The third kappa shape index (κ3) is 2.34. The Hall–Kier alpha value is -1.04. The second-order valence-corrected chi connectivity index (χ2v) is 7.22. The first kappa shape index (κ1) is 12.7. The highest BCUT2D eigenvalue weighted by atomic mass is 32.2. The number of ether oxygens (including phenoxy) is 1. The minimum absolute atomic E-state index is 0.103. The third-order valence-electron chi connectivity index (χ3n) is 4.26. The summed E-state index contributed by atoms with van der Waals surface area (Å²) in [6.45, 7) is 0. The molecule has 1 aromatic heterocycles. The van der Waals surface area contributed by atoms with Crippen LogP contribution >= 0.6 is 11.8 Å². The molecule has 0 N–H and O–H groups in total. The molecule has 6 heteroatoms. The molecule has 0 bridgehead atoms. The molecule has 3 aliphatic rings. The lowest BCUT2D eigenvalue weighted by Crippen LogP contribution is -2.21. The molecule has 3 saturated carbocycles. The molecule has 4 rings (SSSR count). The topological polar surface area (TPSA) is 57.0 Å². The zero-order valence-corrected chi connectivity index (χ0v) is 12.4. The Morgan fingerprint density at radius 3 is 2.55 bits per heavy atom.